The Morgan fingerprint density at radius 1 is 1.50 bits per heavy atom. The maximum atomic E-state index is 12.0. The second-order valence-corrected chi connectivity index (χ2v) is 3.90. The Bertz CT molecular complexity index is 681. The van der Waals surface area contributed by atoms with Crippen LogP contribution in [0, 0.1) is 0 Å². The highest BCUT2D eigenvalue weighted by Gasteiger charge is 2.17. The van der Waals surface area contributed by atoms with Crippen LogP contribution in [0.3, 0.4) is 0 Å². The van der Waals surface area contributed by atoms with E-state index >= 15 is 0 Å². The molecule has 2 aromatic heterocycles. The third-order valence-corrected chi connectivity index (χ3v) is 2.73. The first-order valence-corrected chi connectivity index (χ1v) is 5.61. The van der Waals surface area contributed by atoms with Gasteiger partial charge in [-0.3, -0.25) is 4.79 Å². The molecule has 18 heavy (non-hydrogen) atoms. The summed E-state index contributed by atoms with van der Waals surface area (Å²) in [5.41, 5.74) is 0.247. The van der Waals surface area contributed by atoms with Gasteiger partial charge in [-0.25, -0.2) is 14.8 Å². The predicted octanol–water partition coefficient (Wildman–Crippen LogP) is 1.16. The van der Waals surface area contributed by atoms with Gasteiger partial charge in [-0.2, -0.15) is 0 Å². The summed E-state index contributed by atoms with van der Waals surface area (Å²) < 4.78 is 6.05. The first-order chi connectivity index (χ1) is 8.56. The largest absolute Gasteiger partial charge is 0.462 e. The molecule has 7 heteroatoms. The summed E-state index contributed by atoms with van der Waals surface area (Å²) in [4.78, 5) is 31.4. The molecule has 0 saturated heterocycles. The molecular weight excluding hydrogens is 258 g/mol. The van der Waals surface area contributed by atoms with E-state index in [1.54, 1.807) is 6.92 Å². The number of nitrogens with zero attached hydrogens (tertiary/aromatic N) is 3. The Labute approximate surface area is 107 Å². The van der Waals surface area contributed by atoms with E-state index in [1.807, 2.05) is 0 Å². The smallest absolute Gasteiger partial charge is 0.343 e. The van der Waals surface area contributed by atoms with E-state index in [9.17, 15) is 9.59 Å². The van der Waals surface area contributed by atoms with Gasteiger partial charge >= 0.3 is 5.97 Å². The minimum absolute atomic E-state index is 0.0679. The average molecular weight is 268 g/mol. The highest BCUT2D eigenvalue weighted by molar-refractivity contribution is 6.33. The summed E-state index contributed by atoms with van der Waals surface area (Å²) in [7, 11) is 1.50. The van der Waals surface area contributed by atoms with Gasteiger partial charge in [-0.05, 0) is 13.0 Å². The van der Waals surface area contributed by atoms with Crippen LogP contribution in [0.15, 0.2) is 17.2 Å². The molecule has 0 aromatic carbocycles. The number of rotatable bonds is 2. The normalized spacial score (nSPS) is 10.6. The van der Waals surface area contributed by atoms with Crippen molar-refractivity contribution in [2.24, 2.45) is 7.05 Å². The van der Waals surface area contributed by atoms with Gasteiger partial charge in [0.2, 0.25) is 0 Å². The number of esters is 1. The van der Waals surface area contributed by atoms with Crippen molar-refractivity contribution >= 4 is 28.6 Å². The molecule has 0 saturated carbocycles. The minimum atomic E-state index is -0.672. The Morgan fingerprint density at radius 2 is 2.22 bits per heavy atom. The monoisotopic (exact) mass is 267 g/mol. The van der Waals surface area contributed by atoms with E-state index in [1.165, 1.54) is 24.0 Å². The number of fused-ring (bicyclic) bond motifs is 1. The standard InChI is InChI=1S/C11H10ClN3O3/c1-3-18-11(17)6-4-7-8(15(2)10(6)16)9(12)14-5-13-7/h4-5H,3H2,1-2H3. The lowest BCUT2D eigenvalue weighted by molar-refractivity contribution is 0.0524. The van der Waals surface area contributed by atoms with Crippen LogP contribution in [0.2, 0.25) is 5.15 Å². The zero-order valence-electron chi connectivity index (χ0n) is 9.81. The van der Waals surface area contributed by atoms with E-state index in [4.69, 9.17) is 16.3 Å². The molecule has 0 radical (unpaired) electrons. The fourth-order valence-corrected chi connectivity index (χ4v) is 1.89. The lowest BCUT2D eigenvalue weighted by Crippen LogP contribution is -2.26. The molecule has 0 aliphatic carbocycles. The maximum Gasteiger partial charge on any atom is 0.343 e. The van der Waals surface area contributed by atoms with Crippen LogP contribution in [-0.2, 0) is 11.8 Å². The second-order valence-electron chi connectivity index (χ2n) is 3.54. The number of carbonyl (C=O) groups excluding carboxylic acids is 1. The number of ether oxygens (including phenoxy) is 1. The zero-order chi connectivity index (χ0) is 13.3. The van der Waals surface area contributed by atoms with Crippen LogP contribution in [0.1, 0.15) is 17.3 Å². The number of aromatic nitrogens is 3. The number of carbonyl (C=O) groups is 1. The highest BCUT2D eigenvalue weighted by Crippen LogP contribution is 2.17. The van der Waals surface area contributed by atoms with E-state index in [0.717, 1.165) is 0 Å². The molecule has 2 rings (SSSR count). The van der Waals surface area contributed by atoms with Crippen molar-refractivity contribution in [2.75, 3.05) is 6.61 Å². The molecule has 0 aliphatic heterocycles. The summed E-state index contributed by atoms with van der Waals surface area (Å²) in [6.07, 6.45) is 1.27. The van der Waals surface area contributed by atoms with Crippen molar-refractivity contribution in [3.05, 3.63) is 33.5 Å². The average Bonchev–Trinajstić information content (AvgIpc) is 2.33. The Kier molecular flexibility index (Phi) is 3.29. The van der Waals surface area contributed by atoms with E-state index in [0.29, 0.717) is 11.0 Å². The first kappa shape index (κ1) is 12.5. The lowest BCUT2D eigenvalue weighted by Gasteiger charge is -2.08. The maximum absolute atomic E-state index is 12.0. The van der Waals surface area contributed by atoms with Crippen molar-refractivity contribution in [1.29, 1.82) is 0 Å². The van der Waals surface area contributed by atoms with Crippen molar-refractivity contribution in [3.63, 3.8) is 0 Å². The Morgan fingerprint density at radius 3 is 2.89 bits per heavy atom. The number of halogens is 1. The summed E-state index contributed by atoms with van der Waals surface area (Å²) in [6, 6.07) is 1.36. The fraction of sp³-hybridized carbons (Fsp3) is 0.273. The number of aryl methyl sites for hydroxylation is 1. The second kappa shape index (κ2) is 4.73. The Balaban J connectivity index is 2.76. The van der Waals surface area contributed by atoms with Crippen molar-refractivity contribution in [2.45, 2.75) is 6.92 Å². The summed E-state index contributed by atoms with van der Waals surface area (Å²) in [6.45, 7) is 1.87. The van der Waals surface area contributed by atoms with Gasteiger partial charge in [-0.1, -0.05) is 11.6 Å². The summed E-state index contributed by atoms with van der Waals surface area (Å²) in [5.74, 6) is -0.672. The first-order valence-electron chi connectivity index (χ1n) is 5.23. The SMILES string of the molecule is CCOC(=O)c1cc2ncnc(Cl)c2n(C)c1=O. The van der Waals surface area contributed by atoms with Crippen LogP contribution in [-0.4, -0.2) is 27.1 Å². The molecule has 0 aliphatic rings. The molecule has 0 unspecified atom stereocenters. The van der Waals surface area contributed by atoms with Crippen LogP contribution in [0.5, 0.6) is 0 Å². The van der Waals surface area contributed by atoms with Gasteiger partial charge < -0.3 is 9.30 Å². The summed E-state index contributed by atoms with van der Waals surface area (Å²) in [5, 5.41) is 0.162. The van der Waals surface area contributed by atoms with Gasteiger partial charge in [0.15, 0.2) is 5.15 Å². The molecule has 0 fully saturated rings. The van der Waals surface area contributed by atoms with Crippen molar-refractivity contribution < 1.29 is 9.53 Å². The quantitative estimate of drug-likeness (QED) is 0.603. The molecule has 0 amide bonds. The van der Waals surface area contributed by atoms with Gasteiger partial charge in [0.05, 0.1) is 12.1 Å². The molecule has 6 nitrogen and oxygen atoms in total. The van der Waals surface area contributed by atoms with Crippen molar-refractivity contribution in [1.82, 2.24) is 14.5 Å². The Hall–Kier alpha value is -1.95. The van der Waals surface area contributed by atoms with Gasteiger partial charge in [0, 0.05) is 7.05 Å². The van der Waals surface area contributed by atoms with Crippen LogP contribution in [0.4, 0.5) is 0 Å². The molecule has 94 valence electrons. The van der Waals surface area contributed by atoms with E-state index < -0.39 is 11.5 Å². The van der Waals surface area contributed by atoms with Gasteiger partial charge in [0.1, 0.15) is 17.4 Å². The predicted molar refractivity (Wildman–Crippen MR) is 65.7 cm³/mol. The van der Waals surface area contributed by atoms with Gasteiger partial charge in [-0.15, -0.1) is 0 Å². The minimum Gasteiger partial charge on any atom is -0.462 e. The van der Waals surface area contributed by atoms with Crippen LogP contribution < -0.4 is 5.56 Å². The summed E-state index contributed by atoms with van der Waals surface area (Å²) >= 11 is 5.90. The zero-order valence-corrected chi connectivity index (χ0v) is 10.6. The van der Waals surface area contributed by atoms with E-state index in [-0.39, 0.29) is 17.3 Å². The van der Waals surface area contributed by atoms with E-state index in [2.05, 4.69) is 9.97 Å². The third kappa shape index (κ3) is 1.95. The number of hydrogen-bond donors (Lipinski definition) is 0. The van der Waals surface area contributed by atoms with Crippen LogP contribution in [0.25, 0.3) is 11.0 Å². The lowest BCUT2D eigenvalue weighted by atomic mass is 10.2. The molecular formula is C11H10ClN3O3. The molecule has 2 heterocycles. The topological polar surface area (TPSA) is 74.1 Å². The third-order valence-electron chi connectivity index (χ3n) is 2.45. The molecule has 0 bridgehead atoms. The molecule has 0 N–H and O–H groups in total. The number of pyridine rings is 1. The molecule has 0 spiro atoms. The number of hydrogen-bond acceptors (Lipinski definition) is 5. The molecule has 0 atom stereocenters. The van der Waals surface area contributed by atoms with Crippen LogP contribution >= 0.6 is 11.6 Å². The van der Waals surface area contributed by atoms with Gasteiger partial charge in [0.25, 0.3) is 5.56 Å². The molecule has 2 aromatic rings. The highest BCUT2D eigenvalue weighted by atomic mass is 35.5. The van der Waals surface area contributed by atoms with Crippen molar-refractivity contribution in [3.8, 4) is 0 Å². The fourth-order valence-electron chi connectivity index (χ4n) is 1.62.